The number of benzene rings is 1. The lowest BCUT2D eigenvalue weighted by Gasteiger charge is -2.00. The summed E-state index contributed by atoms with van der Waals surface area (Å²) in [5, 5.41) is 3.60. The summed E-state index contributed by atoms with van der Waals surface area (Å²) in [4.78, 5) is 3.90. The lowest BCUT2D eigenvalue weighted by Crippen LogP contribution is -2.10. The minimum absolute atomic E-state index is 0.0338. The Kier molecular flexibility index (Phi) is 3.33. The van der Waals surface area contributed by atoms with Crippen LogP contribution in [0.5, 0.6) is 0 Å². The van der Waals surface area contributed by atoms with Gasteiger partial charge in [0.15, 0.2) is 23.3 Å². The van der Waals surface area contributed by atoms with Crippen LogP contribution in [0.4, 0.5) is 13.2 Å². The van der Waals surface area contributed by atoms with Crippen molar-refractivity contribution in [2.45, 2.75) is 19.4 Å². The molecule has 18 heavy (non-hydrogen) atoms. The molecule has 0 spiro atoms. The molecule has 2 aromatic rings. The smallest absolute Gasteiger partial charge is 0.258 e. The first-order chi connectivity index (χ1) is 8.52. The van der Waals surface area contributed by atoms with Crippen LogP contribution in [0.1, 0.15) is 25.2 Å². The largest absolute Gasteiger partial charge is 0.334 e. The fourth-order valence-corrected chi connectivity index (χ4v) is 1.36. The van der Waals surface area contributed by atoms with Gasteiger partial charge in [-0.3, -0.25) is 0 Å². The predicted molar refractivity (Wildman–Crippen MR) is 56.8 cm³/mol. The minimum Gasteiger partial charge on any atom is -0.334 e. The van der Waals surface area contributed by atoms with E-state index in [-0.39, 0.29) is 17.3 Å². The van der Waals surface area contributed by atoms with Gasteiger partial charge in [0.05, 0.1) is 6.04 Å². The molecule has 0 fully saturated rings. The van der Waals surface area contributed by atoms with Gasteiger partial charge in [-0.05, 0) is 18.6 Å². The van der Waals surface area contributed by atoms with Crippen molar-refractivity contribution >= 4 is 0 Å². The average molecular weight is 257 g/mol. The highest BCUT2D eigenvalue weighted by Gasteiger charge is 2.17. The van der Waals surface area contributed by atoms with Gasteiger partial charge >= 0.3 is 0 Å². The van der Waals surface area contributed by atoms with E-state index in [1.54, 1.807) is 0 Å². The van der Waals surface area contributed by atoms with E-state index in [1.165, 1.54) is 0 Å². The van der Waals surface area contributed by atoms with Crippen LogP contribution in [0.15, 0.2) is 16.7 Å². The van der Waals surface area contributed by atoms with Crippen LogP contribution in [-0.4, -0.2) is 10.1 Å². The molecule has 0 bridgehead atoms. The van der Waals surface area contributed by atoms with Crippen molar-refractivity contribution in [1.82, 2.24) is 10.1 Å². The van der Waals surface area contributed by atoms with Crippen molar-refractivity contribution in [3.05, 3.63) is 35.4 Å². The number of rotatable bonds is 3. The van der Waals surface area contributed by atoms with E-state index in [9.17, 15) is 13.2 Å². The Morgan fingerprint density at radius 1 is 1.28 bits per heavy atom. The van der Waals surface area contributed by atoms with Crippen molar-refractivity contribution in [3.8, 4) is 11.5 Å². The number of aromatic nitrogens is 2. The fraction of sp³-hybridized carbons (Fsp3) is 0.273. The van der Waals surface area contributed by atoms with Crippen LogP contribution >= 0.6 is 0 Å². The first-order valence-corrected chi connectivity index (χ1v) is 5.27. The zero-order valence-electron chi connectivity index (χ0n) is 9.45. The summed E-state index contributed by atoms with van der Waals surface area (Å²) in [6, 6.07) is 1.15. The zero-order chi connectivity index (χ0) is 13.3. The molecule has 0 saturated carbocycles. The lowest BCUT2D eigenvalue weighted by atomic mass is 10.2. The molecule has 1 unspecified atom stereocenters. The van der Waals surface area contributed by atoms with E-state index >= 15 is 0 Å². The van der Waals surface area contributed by atoms with Gasteiger partial charge in [0.25, 0.3) is 5.89 Å². The Labute approximate surface area is 101 Å². The minimum atomic E-state index is -1.54. The normalized spacial score (nSPS) is 12.7. The summed E-state index contributed by atoms with van der Waals surface area (Å²) in [6.45, 7) is 1.83. The Bertz CT molecular complexity index is 547. The summed E-state index contributed by atoms with van der Waals surface area (Å²) >= 11 is 0. The molecule has 4 nitrogen and oxygen atoms in total. The van der Waals surface area contributed by atoms with Crippen molar-refractivity contribution in [2.75, 3.05) is 0 Å². The van der Waals surface area contributed by atoms with Crippen LogP contribution in [0, 0.1) is 17.5 Å². The Balaban J connectivity index is 2.40. The average Bonchev–Trinajstić information content (AvgIpc) is 2.84. The quantitative estimate of drug-likeness (QED) is 0.858. The van der Waals surface area contributed by atoms with E-state index < -0.39 is 23.5 Å². The maximum atomic E-state index is 13.0. The Morgan fingerprint density at radius 3 is 2.44 bits per heavy atom. The lowest BCUT2D eigenvalue weighted by molar-refractivity contribution is 0.412. The van der Waals surface area contributed by atoms with Crippen LogP contribution in [0.2, 0.25) is 0 Å². The maximum absolute atomic E-state index is 13.0. The van der Waals surface area contributed by atoms with Crippen LogP contribution in [-0.2, 0) is 0 Å². The van der Waals surface area contributed by atoms with Gasteiger partial charge in [-0.25, -0.2) is 13.2 Å². The molecule has 1 atom stereocenters. The van der Waals surface area contributed by atoms with Crippen LogP contribution in [0.25, 0.3) is 11.5 Å². The molecule has 0 saturated heterocycles. The van der Waals surface area contributed by atoms with E-state index in [4.69, 9.17) is 10.3 Å². The standard InChI is InChI=1S/C11H10F3N3O/c1-2-8(15)10-16-11(18-17-10)5-3-6(12)9(14)7(13)4-5/h3-4,8H,2,15H2,1H3. The van der Waals surface area contributed by atoms with Crippen molar-refractivity contribution in [2.24, 2.45) is 5.73 Å². The molecule has 0 radical (unpaired) electrons. The van der Waals surface area contributed by atoms with Crippen molar-refractivity contribution in [3.63, 3.8) is 0 Å². The topological polar surface area (TPSA) is 64.9 Å². The maximum Gasteiger partial charge on any atom is 0.258 e. The molecular weight excluding hydrogens is 247 g/mol. The predicted octanol–water partition coefficient (Wildman–Crippen LogP) is 2.56. The molecule has 96 valence electrons. The highest BCUT2D eigenvalue weighted by atomic mass is 19.2. The molecule has 0 amide bonds. The number of hydrogen-bond acceptors (Lipinski definition) is 4. The molecule has 0 aliphatic rings. The van der Waals surface area contributed by atoms with Crippen molar-refractivity contribution in [1.29, 1.82) is 0 Å². The number of nitrogens with two attached hydrogens (primary N) is 1. The van der Waals surface area contributed by atoms with Crippen LogP contribution in [0.3, 0.4) is 0 Å². The van der Waals surface area contributed by atoms with Gasteiger partial charge < -0.3 is 10.3 Å². The van der Waals surface area contributed by atoms with Gasteiger partial charge in [-0.1, -0.05) is 12.1 Å². The van der Waals surface area contributed by atoms with E-state index in [2.05, 4.69) is 10.1 Å². The third-order valence-electron chi connectivity index (χ3n) is 2.44. The Morgan fingerprint density at radius 2 is 1.89 bits per heavy atom. The third-order valence-corrected chi connectivity index (χ3v) is 2.44. The number of hydrogen-bond donors (Lipinski definition) is 1. The molecule has 0 aliphatic carbocycles. The molecule has 1 aromatic carbocycles. The highest BCUT2D eigenvalue weighted by Crippen LogP contribution is 2.23. The Hall–Kier alpha value is -1.89. The van der Waals surface area contributed by atoms with Gasteiger partial charge in [-0.15, -0.1) is 0 Å². The van der Waals surface area contributed by atoms with Gasteiger partial charge in [-0.2, -0.15) is 4.98 Å². The first kappa shape index (κ1) is 12.6. The second kappa shape index (κ2) is 4.77. The summed E-state index contributed by atoms with van der Waals surface area (Å²) < 4.78 is 43.7. The molecule has 7 heteroatoms. The van der Waals surface area contributed by atoms with E-state index in [0.29, 0.717) is 6.42 Å². The van der Waals surface area contributed by atoms with Crippen LogP contribution < -0.4 is 5.73 Å². The third kappa shape index (κ3) is 2.21. The highest BCUT2D eigenvalue weighted by molar-refractivity contribution is 5.53. The summed E-state index contributed by atoms with van der Waals surface area (Å²) in [7, 11) is 0. The summed E-state index contributed by atoms with van der Waals surface area (Å²) in [5.41, 5.74) is 5.64. The van der Waals surface area contributed by atoms with E-state index in [1.807, 2.05) is 6.92 Å². The first-order valence-electron chi connectivity index (χ1n) is 5.27. The van der Waals surface area contributed by atoms with E-state index in [0.717, 1.165) is 12.1 Å². The second-order valence-electron chi connectivity index (χ2n) is 3.73. The van der Waals surface area contributed by atoms with Crippen molar-refractivity contribution < 1.29 is 17.7 Å². The molecular formula is C11H10F3N3O. The summed E-state index contributed by atoms with van der Waals surface area (Å²) in [6.07, 6.45) is 0.588. The second-order valence-corrected chi connectivity index (χ2v) is 3.73. The fourth-order valence-electron chi connectivity index (χ4n) is 1.36. The molecule has 0 aliphatic heterocycles. The zero-order valence-corrected chi connectivity index (χ0v) is 9.45. The number of nitrogens with zero attached hydrogens (tertiary/aromatic N) is 2. The molecule has 1 heterocycles. The molecule has 2 rings (SSSR count). The number of halogens is 3. The SMILES string of the molecule is CCC(N)c1noc(-c2cc(F)c(F)c(F)c2)n1. The summed E-state index contributed by atoms with van der Waals surface area (Å²) in [5.74, 6) is -4.04. The van der Waals surface area contributed by atoms with Gasteiger partial charge in [0.2, 0.25) is 0 Å². The molecule has 2 N–H and O–H groups in total. The van der Waals surface area contributed by atoms with Gasteiger partial charge in [0, 0.05) is 5.56 Å². The van der Waals surface area contributed by atoms with Gasteiger partial charge in [0.1, 0.15) is 0 Å². The monoisotopic (exact) mass is 257 g/mol. The molecule has 1 aromatic heterocycles.